The number of nitrogens with one attached hydrogen (secondary N) is 1. The summed E-state index contributed by atoms with van der Waals surface area (Å²) in [6, 6.07) is 11.3. The zero-order valence-electron chi connectivity index (χ0n) is 15.5. The van der Waals surface area contributed by atoms with Crippen molar-refractivity contribution in [1.29, 1.82) is 0 Å². The SMILES string of the molecule is CCOc1c(/C=N/NC(=O)COc2cc(C)cc(C)c2)cccc1OC. The lowest BCUT2D eigenvalue weighted by Crippen LogP contribution is -2.24. The summed E-state index contributed by atoms with van der Waals surface area (Å²) in [6.45, 7) is 6.23. The summed E-state index contributed by atoms with van der Waals surface area (Å²) in [6.07, 6.45) is 1.52. The van der Waals surface area contributed by atoms with Gasteiger partial charge in [0.1, 0.15) is 5.75 Å². The fourth-order valence-electron chi connectivity index (χ4n) is 2.47. The molecule has 0 atom stereocenters. The zero-order valence-corrected chi connectivity index (χ0v) is 15.5. The van der Waals surface area contributed by atoms with Crippen molar-refractivity contribution in [3.05, 3.63) is 53.1 Å². The van der Waals surface area contributed by atoms with E-state index in [2.05, 4.69) is 10.5 Å². The van der Waals surface area contributed by atoms with E-state index in [4.69, 9.17) is 14.2 Å². The lowest BCUT2D eigenvalue weighted by Gasteiger charge is -2.11. The molecule has 0 heterocycles. The maximum absolute atomic E-state index is 11.9. The number of amides is 1. The minimum atomic E-state index is -0.346. The Balaban J connectivity index is 1.94. The van der Waals surface area contributed by atoms with Crippen LogP contribution in [0.15, 0.2) is 41.5 Å². The lowest BCUT2D eigenvalue weighted by molar-refractivity contribution is -0.123. The smallest absolute Gasteiger partial charge is 0.277 e. The van der Waals surface area contributed by atoms with Crippen molar-refractivity contribution in [2.24, 2.45) is 5.10 Å². The maximum Gasteiger partial charge on any atom is 0.277 e. The molecule has 26 heavy (non-hydrogen) atoms. The molecule has 2 rings (SSSR count). The van der Waals surface area contributed by atoms with Gasteiger partial charge in [-0.05, 0) is 56.2 Å². The molecule has 0 aliphatic heterocycles. The molecule has 0 spiro atoms. The van der Waals surface area contributed by atoms with Crippen molar-refractivity contribution in [2.45, 2.75) is 20.8 Å². The summed E-state index contributed by atoms with van der Waals surface area (Å²) >= 11 is 0. The van der Waals surface area contributed by atoms with Crippen LogP contribution in [0.3, 0.4) is 0 Å². The Morgan fingerprint density at radius 3 is 2.54 bits per heavy atom. The molecular weight excluding hydrogens is 332 g/mol. The molecule has 0 aromatic heterocycles. The lowest BCUT2D eigenvalue weighted by atomic mass is 10.1. The van der Waals surface area contributed by atoms with Gasteiger partial charge in [-0.15, -0.1) is 0 Å². The van der Waals surface area contributed by atoms with Crippen LogP contribution in [0.2, 0.25) is 0 Å². The molecule has 6 heteroatoms. The molecule has 138 valence electrons. The van der Waals surface area contributed by atoms with E-state index < -0.39 is 0 Å². The van der Waals surface area contributed by atoms with Gasteiger partial charge in [0.2, 0.25) is 0 Å². The summed E-state index contributed by atoms with van der Waals surface area (Å²) in [5.41, 5.74) is 5.32. The first-order chi connectivity index (χ1) is 12.5. The van der Waals surface area contributed by atoms with Gasteiger partial charge in [-0.25, -0.2) is 5.43 Å². The van der Waals surface area contributed by atoms with Gasteiger partial charge in [-0.1, -0.05) is 12.1 Å². The highest BCUT2D eigenvalue weighted by Gasteiger charge is 2.08. The van der Waals surface area contributed by atoms with E-state index in [1.165, 1.54) is 6.21 Å². The Labute approximate surface area is 153 Å². The molecule has 6 nitrogen and oxygen atoms in total. The number of benzene rings is 2. The van der Waals surface area contributed by atoms with E-state index >= 15 is 0 Å². The third kappa shape index (κ3) is 5.51. The fraction of sp³-hybridized carbons (Fsp3) is 0.300. The second kappa shape index (κ2) is 9.46. The number of carbonyl (C=O) groups excluding carboxylic acids is 1. The standard InChI is InChI=1S/C20H24N2O4/c1-5-25-20-16(7-6-8-18(20)24-4)12-21-22-19(23)13-26-17-10-14(2)9-15(3)11-17/h6-12H,5,13H2,1-4H3,(H,22,23)/b21-12+. The van der Waals surface area contributed by atoms with E-state index in [0.29, 0.717) is 29.4 Å². The van der Waals surface area contributed by atoms with Crippen molar-refractivity contribution in [3.8, 4) is 17.2 Å². The maximum atomic E-state index is 11.9. The first-order valence-electron chi connectivity index (χ1n) is 8.36. The minimum Gasteiger partial charge on any atom is -0.493 e. The summed E-state index contributed by atoms with van der Waals surface area (Å²) in [7, 11) is 1.57. The predicted octanol–water partition coefficient (Wildman–Crippen LogP) is 3.24. The van der Waals surface area contributed by atoms with Crippen LogP contribution in [0.4, 0.5) is 0 Å². The highest BCUT2D eigenvalue weighted by Crippen LogP contribution is 2.29. The summed E-state index contributed by atoms with van der Waals surface area (Å²) in [5.74, 6) is 1.51. The largest absolute Gasteiger partial charge is 0.493 e. The number of carbonyl (C=O) groups is 1. The van der Waals surface area contributed by atoms with Crippen molar-refractivity contribution >= 4 is 12.1 Å². The topological polar surface area (TPSA) is 69.2 Å². The Kier molecular flexibility index (Phi) is 7.02. The number of methoxy groups -OCH3 is 1. The molecule has 1 amide bonds. The van der Waals surface area contributed by atoms with Gasteiger partial charge >= 0.3 is 0 Å². The molecule has 0 bridgehead atoms. The summed E-state index contributed by atoms with van der Waals surface area (Å²) in [4.78, 5) is 11.9. The van der Waals surface area contributed by atoms with Gasteiger partial charge in [0, 0.05) is 5.56 Å². The summed E-state index contributed by atoms with van der Waals surface area (Å²) < 4.78 is 16.4. The zero-order chi connectivity index (χ0) is 18.9. The van der Waals surface area contributed by atoms with Crippen LogP contribution in [0.1, 0.15) is 23.6 Å². The first kappa shape index (κ1) is 19.3. The molecule has 0 radical (unpaired) electrons. The molecule has 0 aliphatic carbocycles. The average Bonchev–Trinajstić information content (AvgIpc) is 2.60. The second-order valence-corrected chi connectivity index (χ2v) is 5.72. The van der Waals surface area contributed by atoms with Crippen LogP contribution in [-0.2, 0) is 4.79 Å². The predicted molar refractivity (Wildman–Crippen MR) is 101 cm³/mol. The van der Waals surface area contributed by atoms with E-state index in [-0.39, 0.29) is 12.5 Å². The Morgan fingerprint density at radius 2 is 1.88 bits per heavy atom. The number of nitrogens with zero attached hydrogens (tertiary/aromatic N) is 1. The van der Waals surface area contributed by atoms with Crippen molar-refractivity contribution < 1.29 is 19.0 Å². The third-order valence-corrected chi connectivity index (χ3v) is 3.48. The molecule has 2 aromatic carbocycles. The number of ether oxygens (including phenoxy) is 3. The van der Waals surface area contributed by atoms with Crippen LogP contribution < -0.4 is 19.6 Å². The minimum absolute atomic E-state index is 0.114. The highest BCUT2D eigenvalue weighted by atomic mass is 16.5. The third-order valence-electron chi connectivity index (χ3n) is 3.48. The molecule has 2 aromatic rings. The van der Waals surface area contributed by atoms with Gasteiger partial charge in [-0.3, -0.25) is 4.79 Å². The number of aryl methyl sites for hydroxylation is 2. The van der Waals surface area contributed by atoms with E-state index in [0.717, 1.165) is 11.1 Å². The van der Waals surface area contributed by atoms with Gasteiger partial charge in [0.15, 0.2) is 18.1 Å². The van der Waals surface area contributed by atoms with Crippen LogP contribution in [0.25, 0.3) is 0 Å². The number of hydrogen-bond acceptors (Lipinski definition) is 5. The van der Waals surface area contributed by atoms with Crippen molar-refractivity contribution in [1.82, 2.24) is 5.43 Å². The van der Waals surface area contributed by atoms with Gasteiger partial charge < -0.3 is 14.2 Å². The number of hydrogen-bond donors (Lipinski definition) is 1. The molecule has 0 unspecified atom stereocenters. The summed E-state index contributed by atoms with van der Waals surface area (Å²) in [5, 5.41) is 3.97. The molecular formula is C20H24N2O4. The molecule has 1 N–H and O–H groups in total. The Morgan fingerprint density at radius 1 is 1.15 bits per heavy atom. The molecule has 0 fully saturated rings. The van der Waals surface area contributed by atoms with Crippen LogP contribution in [-0.4, -0.2) is 32.4 Å². The van der Waals surface area contributed by atoms with Gasteiger partial charge in [-0.2, -0.15) is 5.10 Å². The van der Waals surface area contributed by atoms with Crippen molar-refractivity contribution in [3.63, 3.8) is 0 Å². The van der Waals surface area contributed by atoms with Crippen molar-refractivity contribution in [2.75, 3.05) is 20.3 Å². The van der Waals surface area contributed by atoms with Gasteiger partial charge in [0.05, 0.1) is 19.9 Å². The second-order valence-electron chi connectivity index (χ2n) is 5.72. The Hall–Kier alpha value is -3.02. The fourth-order valence-corrected chi connectivity index (χ4v) is 2.47. The van der Waals surface area contributed by atoms with Crippen LogP contribution in [0, 0.1) is 13.8 Å². The van der Waals surface area contributed by atoms with E-state index in [1.807, 2.05) is 51.1 Å². The van der Waals surface area contributed by atoms with E-state index in [1.54, 1.807) is 13.2 Å². The number of hydrazone groups is 1. The Bertz CT molecular complexity index is 767. The average molecular weight is 356 g/mol. The number of rotatable bonds is 8. The molecule has 0 saturated carbocycles. The normalized spacial score (nSPS) is 10.6. The number of para-hydroxylation sites is 1. The highest BCUT2D eigenvalue weighted by molar-refractivity contribution is 5.86. The molecule has 0 aliphatic rings. The van der Waals surface area contributed by atoms with E-state index in [9.17, 15) is 4.79 Å². The van der Waals surface area contributed by atoms with Crippen LogP contribution in [0.5, 0.6) is 17.2 Å². The first-order valence-corrected chi connectivity index (χ1v) is 8.36. The monoisotopic (exact) mass is 356 g/mol. The quantitative estimate of drug-likeness (QED) is 0.582. The van der Waals surface area contributed by atoms with Crippen LogP contribution >= 0.6 is 0 Å². The molecule has 0 saturated heterocycles. The van der Waals surface area contributed by atoms with Gasteiger partial charge in [0.25, 0.3) is 5.91 Å².